The van der Waals surface area contributed by atoms with Crippen LogP contribution in [0.5, 0.6) is 0 Å². The van der Waals surface area contributed by atoms with Crippen LogP contribution in [0.2, 0.25) is 0 Å². The number of carbonyl (C=O) groups is 1. The van der Waals surface area contributed by atoms with E-state index >= 15 is 0 Å². The standard InChI is InChI=1S/C26H23FN2OS/c1-17-18(2)31-26(29-25(30)19-10-5-3-6-11-19)23(17)24(20-12-9-13-21(27)16-20)28-22-14-7-4-8-15-22/h3-16,24,28H,1-2H3,(H,29,30)/t24-/m0/s1. The van der Waals surface area contributed by atoms with E-state index in [1.807, 2.05) is 68.4 Å². The molecule has 0 spiro atoms. The van der Waals surface area contributed by atoms with Gasteiger partial charge in [0, 0.05) is 21.7 Å². The van der Waals surface area contributed by atoms with Crippen LogP contribution in [-0.2, 0) is 0 Å². The van der Waals surface area contributed by atoms with Crippen molar-refractivity contribution in [2.24, 2.45) is 0 Å². The van der Waals surface area contributed by atoms with Gasteiger partial charge in [0.2, 0.25) is 0 Å². The molecule has 1 atom stereocenters. The maximum Gasteiger partial charge on any atom is 0.256 e. The van der Waals surface area contributed by atoms with E-state index in [1.165, 1.54) is 23.5 Å². The monoisotopic (exact) mass is 430 g/mol. The number of benzene rings is 3. The molecule has 5 heteroatoms. The van der Waals surface area contributed by atoms with Gasteiger partial charge in [-0.1, -0.05) is 48.5 Å². The van der Waals surface area contributed by atoms with Crippen molar-refractivity contribution in [1.82, 2.24) is 0 Å². The van der Waals surface area contributed by atoms with Gasteiger partial charge in [0.15, 0.2) is 0 Å². The Morgan fingerprint density at radius 2 is 1.58 bits per heavy atom. The minimum atomic E-state index is -0.325. The number of aryl methyl sites for hydroxylation is 1. The molecule has 4 aromatic rings. The zero-order valence-electron chi connectivity index (χ0n) is 17.4. The van der Waals surface area contributed by atoms with E-state index in [-0.39, 0.29) is 17.8 Å². The maximum atomic E-state index is 14.1. The summed E-state index contributed by atoms with van der Waals surface area (Å²) in [5, 5.41) is 7.39. The number of anilines is 2. The van der Waals surface area contributed by atoms with Crippen LogP contribution in [0, 0.1) is 19.7 Å². The number of thiophene rings is 1. The fourth-order valence-corrected chi connectivity index (χ4v) is 4.65. The molecule has 2 N–H and O–H groups in total. The molecule has 1 aromatic heterocycles. The van der Waals surface area contributed by atoms with Crippen LogP contribution < -0.4 is 10.6 Å². The second-order valence-electron chi connectivity index (χ2n) is 7.34. The molecule has 156 valence electrons. The highest BCUT2D eigenvalue weighted by molar-refractivity contribution is 7.16. The molecule has 4 rings (SSSR count). The number of hydrogen-bond donors (Lipinski definition) is 2. The van der Waals surface area contributed by atoms with E-state index in [0.717, 1.165) is 32.3 Å². The van der Waals surface area contributed by atoms with Crippen LogP contribution in [0.3, 0.4) is 0 Å². The third-order valence-corrected chi connectivity index (χ3v) is 6.39. The molecule has 0 aliphatic heterocycles. The van der Waals surface area contributed by atoms with Gasteiger partial charge in [-0.3, -0.25) is 4.79 Å². The van der Waals surface area contributed by atoms with Gasteiger partial charge >= 0.3 is 0 Å². The first kappa shape index (κ1) is 20.8. The van der Waals surface area contributed by atoms with Crippen LogP contribution >= 0.6 is 11.3 Å². The van der Waals surface area contributed by atoms with Gasteiger partial charge in [0.05, 0.1) is 6.04 Å². The van der Waals surface area contributed by atoms with Crippen LogP contribution in [-0.4, -0.2) is 5.91 Å². The summed E-state index contributed by atoms with van der Waals surface area (Å²) in [4.78, 5) is 14.0. The SMILES string of the molecule is Cc1sc(NC(=O)c2ccccc2)c([C@@H](Nc2ccccc2)c2cccc(F)c2)c1C. The van der Waals surface area contributed by atoms with Crippen molar-refractivity contribution in [2.45, 2.75) is 19.9 Å². The van der Waals surface area contributed by atoms with Gasteiger partial charge < -0.3 is 10.6 Å². The Bertz CT molecular complexity index is 1190. The Morgan fingerprint density at radius 3 is 2.26 bits per heavy atom. The summed E-state index contributed by atoms with van der Waals surface area (Å²) in [6.07, 6.45) is 0. The first-order valence-corrected chi connectivity index (χ1v) is 10.9. The van der Waals surface area contributed by atoms with Crippen molar-refractivity contribution in [2.75, 3.05) is 10.6 Å². The zero-order valence-corrected chi connectivity index (χ0v) is 18.2. The summed E-state index contributed by atoms with van der Waals surface area (Å²) in [5.74, 6) is -0.461. The van der Waals surface area contributed by atoms with E-state index < -0.39 is 0 Å². The van der Waals surface area contributed by atoms with Crippen LogP contribution in [0.4, 0.5) is 15.1 Å². The first-order valence-electron chi connectivity index (χ1n) is 10.1. The van der Waals surface area contributed by atoms with Crippen molar-refractivity contribution >= 4 is 27.9 Å². The summed E-state index contributed by atoms with van der Waals surface area (Å²) in [5.41, 5.74) is 4.32. The molecule has 3 nitrogen and oxygen atoms in total. The summed E-state index contributed by atoms with van der Waals surface area (Å²) in [6.45, 7) is 4.07. The first-order chi connectivity index (χ1) is 15.0. The van der Waals surface area contributed by atoms with Gasteiger partial charge in [-0.15, -0.1) is 11.3 Å². The minimum Gasteiger partial charge on any atom is -0.374 e. The molecule has 0 radical (unpaired) electrons. The Labute approximate surface area is 185 Å². The average Bonchev–Trinajstić information content (AvgIpc) is 3.06. The highest BCUT2D eigenvalue weighted by Crippen LogP contribution is 2.41. The lowest BCUT2D eigenvalue weighted by atomic mass is 9.96. The summed E-state index contributed by atoms with van der Waals surface area (Å²) in [7, 11) is 0. The van der Waals surface area contributed by atoms with Crippen LogP contribution in [0.15, 0.2) is 84.9 Å². The molecular weight excluding hydrogens is 407 g/mol. The number of carbonyl (C=O) groups excluding carboxylic acids is 1. The number of halogens is 1. The predicted molar refractivity (Wildman–Crippen MR) is 126 cm³/mol. The predicted octanol–water partition coefficient (Wildman–Crippen LogP) is 6.96. The van der Waals surface area contributed by atoms with Gasteiger partial charge in [0.25, 0.3) is 5.91 Å². The Kier molecular flexibility index (Phi) is 6.14. The van der Waals surface area contributed by atoms with Crippen molar-refractivity contribution in [3.05, 3.63) is 118 Å². The quantitative estimate of drug-likeness (QED) is 0.347. The maximum absolute atomic E-state index is 14.1. The van der Waals surface area contributed by atoms with Crippen molar-refractivity contribution in [1.29, 1.82) is 0 Å². The highest BCUT2D eigenvalue weighted by Gasteiger charge is 2.25. The van der Waals surface area contributed by atoms with Gasteiger partial charge in [-0.05, 0) is 61.4 Å². The normalized spacial score (nSPS) is 11.7. The van der Waals surface area contributed by atoms with Gasteiger partial charge in [-0.2, -0.15) is 0 Å². The molecule has 1 heterocycles. The number of amides is 1. The minimum absolute atomic E-state index is 0.166. The molecule has 0 aliphatic carbocycles. The largest absolute Gasteiger partial charge is 0.374 e. The lowest BCUT2D eigenvalue weighted by molar-refractivity contribution is 0.102. The van der Waals surface area contributed by atoms with Crippen molar-refractivity contribution in [3.8, 4) is 0 Å². The van der Waals surface area contributed by atoms with Crippen molar-refractivity contribution in [3.63, 3.8) is 0 Å². The number of nitrogens with one attached hydrogen (secondary N) is 2. The Balaban J connectivity index is 1.78. The molecule has 0 fully saturated rings. The zero-order chi connectivity index (χ0) is 21.8. The fraction of sp³-hybridized carbons (Fsp3) is 0.115. The second-order valence-corrected chi connectivity index (χ2v) is 8.57. The van der Waals surface area contributed by atoms with E-state index in [0.29, 0.717) is 5.56 Å². The van der Waals surface area contributed by atoms with Crippen molar-refractivity contribution < 1.29 is 9.18 Å². The van der Waals surface area contributed by atoms with Gasteiger partial charge in [0.1, 0.15) is 10.8 Å². The average molecular weight is 431 g/mol. The molecule has 1 amide bonds. The van der Waals surface area contributed by atoms with E-state index in [2.05, 4.69) is 10.6 Å². The number of hydrogen-bond acceptors (Lipinski definition) is 3. The summed E-state index contributed by atoms with van der Waals surface area (Å²) < 4.78 is 14.1. The lowest BCUT2D eigenvalue weighted by Gasteiger charge is -2.23. The van der Waals surface area contributed by atoms with E-state index in [9.17, 15) is 9.18 Å². The van der Waals surface area contributed by atoms with Gasteiger partial charge in [-0.25, -0.2) is 4.39 Å². The molecule has 31 heavy (non-hydrogen) atoms. The number of para-hydroxylation sites is 1. The lowest BCUT2D eigenvalue weighted by Crippen LogP contribution is -2.17. The topological polar surface area (TPSA) is 41.1 Å². The molecular formula is C26H23FN2OS. The summed E-state index contributed by atoms with van der Waals surface area (Å²) in [6, 6.07) is 25.2. The van der Waals surface area contributed by atoms with E-state index in [4.69, 9.17) is 0 Å². The fourth-order valence-electron chi connectivity index (χ4n) is 3.56. The molecule has 0 unspecified atom stereocenters. The molecule has 0 aliphatic rings. The molecule has 0 bridgehead atoms. The van der Waals surface area contributed by atoms with Crippen LogP contribution in [0.25, 0.3) is 0 Å². The van der Waals surface area contributed by atoms with Crippen LogP contribution in [0.1, 0.15) is 38.0 Å². The summed E-state index contributed by atoms with van der Waals surface area (Å²) >= 11 is 1.54. The Morgan fingerprint density at radius 1 is 0.903 bits per heavy atom. The molecule has 3 aromatic carbocycles. The third kappa shape index (κ3) is 4.67. The second kappa shape index (κ2) is 9.14. The number of rotatable bonds is 6. The Hall–Kier alpha value is -3.44. The molecule has 0 saturated carbocycles. The van der Waals surface area contributed by atoms with E-state index in [1.54, 1.807) is 18.2 Å². The third-order valence-electron chi connectivity index (χ3n) is 5.25. The molecule has 0 saturated heterocycles. The smallest absolute Gasteiger partial charge is 0.256 e. The highest BCUT2D eigenvalue weighted by atomic mass is 32.1.